The minimum absolute atomic E-state index is 0.571. The van der Waals surface area contributed by atoms with Gasteiger partial charge in [-0.1, -0.05) is 66.6 Å². The standard InChI is InChI=1S/C20H25N/c1-4-21-19(17-9-5-15(2)6-10-17)13-14-20(21)18-11-7-16(3)8-12-18/h5-12,19-20H,4,13-14H2,1-3H3. The average molecular weight is 279 g/mol. The highest BCUT2D eigenvalue weighted by Crippen LogP contribution is 2.43. The van der Waals surface area contributed by atoms with E-state index in [0.717, 1.165) is 6.54 Å². The largest absolute Gasteiger partial charge is 0.290 e. The van der Waals surface area contributed by atoms with Gasteiger partial charge in [0.1, 0.15) is 0 Å². The Hall–Kier alpha value is -1.60. The van der Waals surface area contributed by atoms with E-state index in [0.29, 0.717) is 12.1 Å². The molecule has 2 aromatic rings. The van der Waals surface area contributed by atoms with Gasteiger partial charge in [0.2, 0.25) is 0 Å². The van der Waals surface area contributed by atoms with Gasteiger partial charge in [-0.2, -0.15) is 0 Å². The zero-order valence-corrected chi connectivity index (χ0v) is 13.3. The van der Waals surface area contributed by atoms with E-state index in [2.05, 4.69) is 74.2 Å². The van der Waals surface area contributed by atoms with E-state index in [1.165, 1.54) is 35.1 Å². The van der Waals surface area contributed by atoms with E-state index in [9.17, 15) is 0 Å². The van der Waals surface area contributed by atoms with Gasteiger partial charge in [0.05, 0.1) is 0 Å². The first-order valence-corrected chi connectivity index (χ1v) is 8.08. The quantitative estimate of drug-likeness (QED) is 0.746. The third-order valence-corrected chi connectivity index (χ3v) is 4.80. The van der Waals surface area contributed by atoms with E-state index < -0.39 is 0 Å². The predicted octanol–water partition coefficient (Wildman–Crippen LogP) is 5.20. The SMILES string of the molecule is CCN1C(c2ccc(C)cc2)CCC1c1ccc(C)cc1. The summed E-state index contributed by atoms with van der Waals surface area (Å²) in [5.74, 6) is 0. The lowest BCUT2D eigenvalue weighted by atomic mass is 10.0. The third-order valence-electron chi connectivity index (χ3n) is 4.80. The fourth-order valence-corrected chi connectivity index (χ4v) is 3.60. The first-order chi connectivity index (χ1) is 10.2. The van der Waals surface area contributed by atoms with Crippen LogP contribution in [-0.2, 0) is 0 Å². The van der Waals surface area contributed by atoms with Crippen molar-refractivity contribution in [3.05, 3.63) is 70.8 Å². The molecule has 0 aliphatic carbocycles. The predicted molar refractivity (Wildman–Crippen MR) is 89.5 cm³/mol. The van der Waals surface area contributed by atoms with Gasteiger partial charge in [-0.15, -0.1) is 0 Å². The molecule has 1 nitrogen and oxygen atoms in total. The maximum absolute atomic E-state index is 2.66. The molecular formula is C20H25N. The van der Waals surface area contributed by atoms with Crippen LogP contribution in [0.2, 0.25) is 0 Å². The maximum atomic E-state index is 2.66. The molecule has 2 unspecified atom stereocenters. The van der Waals surface area contributed by atoms with Crippen molar-refractivity contribution in [1.82, 2.24) is 4.90 Å². The van der Waals surface area contributed by atoms with Crippen molar-refractivity contribution in [2.75, 3.05) is 6.54 Å². The molecule has 0 amide bonds. The molecule has 21 heavy (non-hydrogen) atoms. The summed E-state index contributed by atoms with van der Waals surface area (Å²) < 4.78 is 0. The van der Waals surface area contributed by atoms with Gasteiger partial charge >= 0.3 is 0 Å². The lowest BCUT2D eigenvalue weighted by molar-refractivity contribution is 0.206. The molecule has 0 radical (unpaired) electrons. The second-order valence-electron chi connectivity index (χ2n) is 6.26. The van der Waals surface area contributed by atoms with E-state index in [1.807, 2.05) is 0 Å². The molecule has 1 saturated heterocycles. The first-order valence-electron chi connectivity index (χ1n) is 8.08. The summed E-state index contributed by atoms with van der Waals surface area (Å²) in [4.78, 5) is 2.66. The number of rotatable bonds is 3. The molecule has 1 heterocycles. The van der Waals surface area contributed by atoms with Crippen LogP contribution in [0.3, 0.4) is 0 Å². The molecule has 110 valence electrons. The van der Waals surface area contributed by atoms with Crippen molar-refractivity contribution >= 4 is 0 Å². The van der Waals surface area contributed by atoms with Crippen LogP contribution in [0, 0.1) is 13.8 Å². The summed E-state index contributed by atoms with van der Waals surface area (Å²) in [6.07, 6.45) is 2.52. The fourth-order valence-electron chi connectivity index (χ4n) is 3.60. The Kier molecular flexibility index (Phi) is 4.12. The molecule has 2 aromatic carbocycles. The minimum atomic E-state index is 0.571. The van der Waals surface area contributed by atoms with Gasteiger partial charge in [0.15, 0.2) is 0 Å². The highest BCUT2D eigenvalue weighted by molar-refractivity contribution is 5.29. The summed E-state index contributed by atoms with van der Waals surface area (Å²) in [6, 6.07) is 19.3. The zero-order valence-electron chi connectivity index (χ0n) is 13.3. The molecule has 1 heteroatoms. The minimum Gasteiger partial charge on any atom is -0.290 e. The second kappa shape index (κ2) is 6.03. The van der Waals surface area contributed by atoms with Crippen LogP contribution in [0.4, 0.5) is 0 Å². The smallest absolute Gasteiger partial charge is 0.0354 e. The molecule has 0 bridgehead atoms. The van der Waals surface area contributed by atoms with Gasteiger partial charge in [0, 0.05) is 12.1 Å². The number of nitrogens with zero attached hydrogens (tertiary/aromatic N) is 1. The number of hydrogen-bond donors (Lipinski definition) is 0. The van der Waals surface area contributed by atoms with Crippen LogP contribution in [0.1, 0.15) is 54.1 Å². The molecular weight excluding hydrogens is 254 g/mol. The van der Waals surface area contributed by atoms with Gasteiger partial charge in [-0.3, -0.25) is 4.90 Å². The van der Waals surface area contributed by atoms with Crippen molar-refractivity contribution < 1.29 is 0 Å². The van der Waals surface area contributed by atoms with Crippen molar-refractivity contribution in [3.63, 3.8) is 0 Å². The Bertz CT molecular complexity index is 529. The Labute approximate surface area is 128 Å². The fraction of sp³-hybridized carbons (Fsp3) is 0.400. The van der Waals surface area contributed by atoms with Crippen molar-refractivity contribution in [1.29, 1.82) is 0 Å². The first kappa shape index (κ1) is 14.3. The molecule has 0 aromatic heterocycles. The zero-order chi connectivity index (χ0) is 14.8. The van der Waals surface area contributed by atoms with Crippen LogP contribution >= 0.6 is 0 Å². The lowest BCUT2D eigenvalue weighted by Crippen LogP contribution is -2.26. The lowest BCUT2D eigenvalue weighted by Gasteiger charge is -2.29. The van der Waals surface area contributed by atoms with Crippen LogP contribution < -0.4 is 0 Å². The van der Waals surface area contributed by atoms with Crippen molar-refractivity contribution in [2.24, 2.45) is 0 Å². The molecule has 1 fully saturated rings. The summed E-state index contributed by atoms with van der Waals surface area (Å²) in [7, 11) is 0. The number of aryl methyl sites for hydroxylation is 2. The Morgan fingerprint density at radius 1 is 0.762 bits per heavy atom. The van der Waals surface area contributed by atoms with Crippen LogP contribution in [-0.4, -0.2) is 11.4 Å². The Balaban J connectivity index is 1.85. The van der Waals surface area contributed by atoms with E-state index in [4.69, 9.17) is 0 Å². The van der Waals surface area contributed by atoms with Gasteiger partial charge in [-0.25, -0.2) is 0 Å². The highest BCUT2D eigenvalue weighted by Gasteiger charge is 2.33. The van der Waals surface area contributed by atoms with E-state index in [-0.39, 0.29) is 0 Å². The molecule has 1 aliphatic rings. The third kappa shape index (κ3) is 2.89. The molecule has 0 spiro atoms. The number of hydrogen-bond acceptors (Lipinski definition) is 1. The van der Waals surface area contributed by atoms with Gasteiger partial charge in [-0.05, 0) is 44.4 Å². The molecule has 0 N–H and O–H groups in total. The summed E-state index contributed by atoms with van der Waals surface area (Å²) in [5.41, 5.74) is 5.62. The van der Waals surface area contributed by atoms with Gasteiger partial charge in [0.25, 0.3) is 0 Å². The van der Waals surface area contributed by atoms with Crippen LogP contribution in [0.25, 0.3) is 0 Å². The second-order valence-corrected chi connectivity index (χ2v) is 6.26. The van der Waals surface area contributed by atoms with Crippen LogP contribution in [0.15, 0.2) is 48.5 Å². The molecule has 2 atom stereocenters. The van der Waals surface area contributed by atoms with Gasteiger partial charge < -0.3 is 0 Å². The van der Waals surface area contributed by atoms with E-state index >= 15 is 0 Å². The number of likely N-dealkylation sites (tertiary alicyclic amines) is 1. The Morgan fingerprint density at radius 3 is 1.48 bits per heavy atom. The van der Waals surface area contributed by atoms with Crippen molar-refractivity contribution in [2.45, 2.75) is 45.7 Å². The monoisotopic (exact) mass is 279 g/mol. The maximum Gasteiger partial charge on any atom is 0.0354 e. The van der Waals surface area contributed by atoms with Crippen molar-refractivity contribution in [3.8, 4) is 0 Å². The molecule has 1 aliphatic heterocycles. The van der Waals surface area contributed by atoms with Crippen LogP contribution in [0.5, 0.6) is 0 Å². The topological polar surface area (TPSA) is 3.24 Å². The Morgan fingerprint density at radius 2 is 1.14 bits per heavy atom. The average Bonchev–Trinajstić information content (AvgIpc) is 2.92. The summed E-state index contributed by atoms with van der Waals surface area (Å²) >= 11 is 0. The number of benzene rings is 2. The summed E-state index contributed by atoms with van der Waals surface area (Å²) in [6.45, 7) is 7.71. The normalized spacial score (nSPS) is 22.6. The molecule has 0 saturated carbocycles. The van der Waals surface area contributed by atoms with E-state index in [1.54, 1.807) is 0 Å². The summed E-state index contributed by atoms with van der Waals surface area (Å²) in [5, 5.41) is 0. The highest BCUT2D eigenvalue weighted by atomic mass is 15.2. The molecule has 3 rings (SSSR count).